The molecule has 0 aromatic heterocycles. The van der Waals surface area contributed by atoms with E-state index in [-0.39, 0.29) is 0 Å². The van der Waals surface area contributed by atoms with Crippen molar-refractivity contribution in [3.63, 3.8) is 0 Å². The van der Waals surface area contributed by atoms with Crippen LogP contribution in [0.1, 0.15) is 30.9 Å². The maximum atomic E-state index is 10.8. The summed E-state index contributed by atoms with van der Waals surface area (Å²) in [6.45, 7) is 6.07. The molecule has 16 heavy (non-hydrogen) atoms. The molecule has 0 amide bonds. The van der Waals surface area contributed by atoms with Crippen LogP contribution in [0.4, 0.5) is 0 Å². The summed E-state index contributed by atoms with van der Waals surface area (Å²) >= 11 is 0. The number of hydrogen-bond donors (Lipinski definition) is 1. The van der Waals surface area contributed by atoms with Crippen molar-refractivity contribution in [3.05, 3.63) is 35.4 Å². The van der Waals surface area contributed by atoms with Crippen LogP contribution < -0.4 is 5.32 Å². The summed E-state index contributed by atoms with van der Waals surface area (Å²) in [6, 6.07) is 8.68. The van der Waals surface area contributed by atoms with Crippen molar-refractivity contribution in [1.82, 2.24) is 5.32 Å². The average molecular weight is 239 g/mol. The first-order valence-corrected chi connectivity index (χ1v) is 7.42. The van der Waals surface area contributed by atoms with Gasteiger partial charge in [-0.3, -0.25) is 4.21 Å². The fraction of sp³-hybridized carbons (Fsp3) is 0.538. The summed E-state index contributed by atoms with van der Waals surface area (Å²) < 4.78 is 10.8. The van der Waals surface area contributed by atoms with Crippen molar-refractivity contribution in [2.75, 3.05) is 18.6 Å². The molecule has 1 rings (SSSR count). The third-order valence-corrected chi connectivity index (χ3v) is 3.32. The Hall–Kier alpha value is -0.670. The predicted octanol–water partition coefficient (Wildman–Crippen LogP) is 2.28. The second-order valence-electron chi connectivity index (χ2n) is 4.35. The molecular weight excluding hydrogens is 218 g/mol. The van der Waals surface area contributed by atoms with Gasteiger partial charge in [0.25, 0.3) is 0 Å². The summed E-state index contributed by atoms with van der Waals surface area (Å²) in [6.07, 6.45) is 1.74. The van der Waals surface area contributed by atoms with Crippen molar-refractivity contribution in [2.24, 2.45) is 0 Å². The van der Waals surface area contributed by atoms with E-state index in [1.807, 2.05) is 0 Å². The molecule has 1 aromatic carbocycles. The minimum atomic E-state index is -0.696. The molecule has 1 aromatic rings. The topological polar surface area (TPSA) is 29.1 Å². The number of nitrogens with one attached hydrogen (secondary N) is 1. The SMILES string of the molecule is CC(C)c1ccc(CNCCS(C)=O)cc1. The van der Waals surface area contributed by atoms with Crippen LogP contribution in [0.2, 0.25) is 0 Å². The van der Waals surface area contributed by atoms with E-state index in [0.717, 1.165) is 18.8 Å². The fourth-order valence-corrected chi connectivity index (χ4v) is 1.90. The Morgan fingerprint density at radius 2 is 1.88 bits per heavy atom. The van der Waals surface area contributed by atoms with Crippen LogP contribution in [-0.2, 0) is 17.3 Å². The molecule has 2 nitrogen and oxygen atoms in total. The lowest BCUT2D eigenvalue weighted by Gasteiger charge is -2.07. The molecule has 1 N–H and O–H groups in total. The third kappa shape index (κ3) is 4.90. The van der Waals surface area contributed by atoms with Gasteiger partial charge in [-0.05, 0) is 17.0 Å². The van der Waals surface area contributed by atoms with Crippen LogP contribution in [0.5, 0.6) is 0 Å². The van der Waals surface area contributed by atoms with Crippen LogP contribution in [0.3, 0.4) is 0 Å². The molecule has 0 heterocycles. The van der Waals surface area contributed by atoms with Gasteiger partial charge in [-0.2, -0.15) is 0 Å². The van der Waals surface area contributed by atoms with Crippen LogP contribution in [0.25, 0.3) is 0 Å². The van der Waals surface area contributed by atoms with Crippen molar-refractivity contribution < 1.29 is 4.21 Å². The Morgan fingerprint density at radius 3 is 2.38 bits per heavy atom. The monoisotopic (exact) mass is 239 g/mol. The minimum absolute atomic E-state index is 0.588. The maximum absolute atomic E-state index is 10.8. The minimum Gasteiger partial charge on any atom is -0.312 e. The van der Waals surface area contributed by atoms with E-state index in [2.05, 4.69) is 43.4 Å². The molecule has 0 saturated heterocycles. The van der Waals surface area contributed by atoms with Gasteiger partial charge in [-0.25, -0.2) is 0 Å². The van der Waals surface area contributed by atoms with Gasteiger partial charge in [-0.1, -0.05) is 38.1 Å². The fourth-order valence-electron chi connectivity index (χ4n) is 1.47. The second-order valence-corrected chi connectivity index (χ2v) is 5.91. The zero-order valence-corrected chi connectivity index (χ0v) is 11.1. The zero-order chi connectivity index (χ0) is 12.0. The smallest absolute Gasteiger partial charge is 0.0357 e. The Kier molecular flexibility index (Phi) is 5.71. The number of hydrogen-bond acceptors (Lipinski definition) is 2. The molecule has 0 aliphatic heterocycles. The quantitative estimate of drug-likeness (QED) is 0.772. The Labute approximate surface area is 101 Å². The molecule has 3 heteroatoms. The van der Waals surface area contributed by atoms with Crippen molar-refractivity contribution in [3.8, 4) is 0 Å². The van der Waals surface area contributed by atoms with Crippen LogP contribution in [-0.4, -0.2) is 22.8 Å². The molecule has 0 radical (unpaired) electrons. The van der Waals surface area contributed by atoms with Crippen molar-refractivity contribution in [2.45, 2.75) is 26.3 Å². The van der Waals surface area contributed by atoms with Gasteiger partial charge in [0, 0.05) is 35.9 Å². The standard InChI is InChI=1S/C13H21NOS/c1-11(2)13-6-4-12(5-7-13)10-14-8-9-16(3)15/h4-7,11,14H,8-10H2,1-3H3. The largest absolute Gasteiger partial charge is 0.312 e. The normalized spacial score (nSPS) is 13.0. The molecule has 1 atom stereocenters. The lowest BCUT2D eigenvalue weighted by molar-refractivity contribution is 0.676. The molecule has 0 aliphatic carbocycles. The van der Waals surface area contributed by atoms with Crippen LogP contribution in [0, 0.1) is 0 Å². The number of benzene rings is 1. The van der Waals surface area contributed by atoms with Gasteiger partial charge in [-0.15, -0.1) is 0 Å². The summed E-state index contributed by atoms with van der Waals surface area (Å²) in [7, 11) is -0.696. The Bertz CT molecular complexity index is 332. The van der Waals surface area contributed by atoms with E-state index >= 15 is 0 Å². The molecule has 0 bridgehead atoms. The van der Waals surface area contributed by atoms with E-state index < -0.39 is 10.8 Å². The first kappa shape index (κ1) is 13.4. The molecule has 0 spiro atoms. The molecule has 0 aliphatic rings. The van der Waals surface area contributed by atoms with Crippen molar-refractivity contribution >= 4 is 10.8 Å². The lowest BCUT2D eigenvalue weighted by Crippen LogP contribution is -2.19. The third-order valence-electron chi connectivity index (χ3n) is 2.54. The second kappa shape index (κ2) is 6.81. The molecule has 1 unspecified atom stereocenters. The highest BCUT2D eigenvalue weighted by molar-refractivity contribution is 7.84. The van der Waals surface area contributed by atoms with Crippen LogP contribution >= 0.6 is 0 Å². The summed E-state index contributed by atoms with van der Waals surface area (Å²) in [5.41, 5.74) is 2.66. The highest BCUT2D eigenvalue weighted by atomic mass is 32.2. The maximum Gasteiger partial charge on any atom is 0.0357 e. The average Bonchev–Trinajstić information content (AvgIpc) is 2.25. The van der Waals surface area contributed by atoms with Crippen molar-refractivity contribution in [1.29, 1.82) is 0 Å². The first-order valence-electron chi connectivity index (χ1n) is 5.69. The number of rotatable bonds is 6. The summed E-state index contributed by atoms with van der Waals surface area (Å²) in [5.74, 6) is 1.31. The Balaban J connectivity index is 2.35. The van der Waals surface area contributed by atoms with Gasteiger partial charge in [0.2, 0.25) is 0 Å². The van der Waals surface area contributed by atoms with E-state index in [1.54, 1.807) is 6.26 Å². The van der Waals surface area contributed by atoms with Gasteiger partial charge < -0.3 is 5.32 Å². The van der Waals surface area contributed by atoms with Gasteiger partial charge in [0.05, 0.1) is 0 Å². The highest BCUT2D eigenvalue weighted by Crippen LogP contribution is 2.14. The zero-order valence-electron chi connectivity index (χ0n) is 10.3. The molecule has 0 fully saturated rings. The lowest BCUT2D eigenvalue weighted by atomic mass is 10.0. The van der Waals surface area contributed by atoms with E-state index in [4.69, 9.17) is 0 Å². The van der Waals surface area contributed by atoms with Crippen LogP contribution in [0.15, 0.2) is 24.3 Å². The molecule has 0 saturated carbocycles. The first-order chi connectivity index (χ1) is 7.59. The van der Waals surface area contributed by atoms with Gasteiger partial charge >= 0.3 is 0 Å². The van der Waals surface area contributed by atoms with E-state index in [9.17, 15) is 4.21 Å². The highest BCUT2D eigenvalue weighted by Gasteiger charge is 1.98. The summed E-state index contributed by atoms with van der Waals surface area (Å²) in [5, 5.41) is 3.29. The van der Waals surface area contributed by atoms with Gasteiger partial charge in [0.1, 0.15) is 0 Å². The van der Waals surface area contributed by atoms with E-state index in [0.29, 0.717) is 5.92 Å². The predicted molar refractivity (Wildman–Crippen MR) is 71.2 cm³/mol. The molecular formula is C13H21NOS. The van der Waals surface area contributed by atoms with Gasteiger partial charge in [0.15, 0.2) is 0 Å². The molecule has 90 valence electrons. The summed E-state index contributed by atoms with van der Waals surface area (Å²) in [4.78, 5) is 0. The van der Waals surface area contributed by atoms with E-state index in [1.165, 1.54) is 11.1 Å². The Morgan fingerprint density at radius 1 is 1.25 bits per heavy atom.